The first-order chi connectivity index (χ1) is 12.7. The molecule has 0 spiro atoms. The van der Waals surface area contributed by atoms with Crippen LogP contribution in [0.5, 0.6) is 0 Å². The molecule has 0 radical (unpaired) electrons. The summed E-state index contributed by atoms with van der Waals surface area (Å²) in [6.45, 7) is 1.29. The fourth-order valence-electron chi connectivity index (χ4n) is 3.87. The fraction of sp³-hybridized carbons (Fsp3) is 0.364. The van der Waals surface area contributed by atoms with Crippen molar-refractivity contribution in [1.82, 2.24) is 5.32 Å². The molecule has 0 bridgehead atoms. The first-order valence-electron chi connectivity index (χ1n) is 9.50. The Morgan fingerprint density at radius 2 is 1.69 bits per heavy atom. The van der Waals surface area contributed by atoms with Crippen molar-refractivity contribution in [3.05, 3.63) is 64.7 Å². The maximum Gasteiger partial charge on any atom is 0.251 e. The van der Waals surface area contributed by atoms with E-state index in [0.29, 0.717) is 13.0 Å². The Labute approximate surface area is 154 Å². The smallest absolute Gasteiger partial charge is 0.251 e. The van der Waals surface area contributed by atoms with E-state index >= 15 is 0 Å². The molecular formula is C22H24N2O2. The molecule has 1 aliphatic heterocycles. The number of benzene rings is 2. The van der Waals surface area contributed by atoms with E-state index in [4.69, 9.17) is 0 Å². The zero-order chi connectivity index (χ0) is 17.9. The third-order valence-corrected chi connectivity index (χ3v) is 5.39. The highest BCUT2D eigenvalue weighted by molar-refractivity contribution is 5.95. The fourth-order valence-corrected chi connectivity index (χ4v) is 3.87. The Balaban J connectivity index is 1.37. The summed E-state index contributed by atoms with van der Waals surface area (Å²) in [5.41, 5.74) is 5.43. The minimum absolute atomic E-state index is 0.0304. The van der Waals surface area contributed by atoms with Crippen molar-refractivity contribution >= 4 is 17.5 Å². The van der Waals surface area contributed by atoms with Gasteiger partial charge in [0.05, 0.1) is 0 Å². The third-order valence-electron chi connectivity index (χ3n) is 5.39. The van der Waals surface area contributed by atoms with Gasteiger partial charge in [0.2, 0.25) is 5.91 Å². The van der Waals surface area contributed by atoms with Crippen LogP contribution in [0.3, 0.4) is 0 Å². The van der Waals surface area contributed by atoms with Crippen molar-refractivity contribution in [2.75, 3.05) is 11.4 Å². The molecule has 0 unspecified atom stereocenters. The van der Waals surface area contributed by atoms with E-state index in [-0.39, 0.29) is 11.8 Å². The van der Waals surface area contributed by atoms with Crippen LogP contribution in [-0.2, 0) is 24.2 Å². The number of aryl methyl sites for hydroxylation is 2. The molecule has 1 aliphatic carbocycles. The number of nitrogens with zero attached hydrogens (tertiary/aromatic N) is 1. The maximum atomic E-state index is 12.5. The summed E-state index contributed by atoms with van der Waals surface area (Å²) in [6, 6.07) is 14.0. The Morgan fingerprint density at radius 3 is 2.42 bits per heavy atom. The molecule has 2 aliphatic rings. The number of hydrogen-bond donors (Lipinski definition) is 1. The summed E-state index contributed by atoms with van der Waals surface area (Å²) in [5.74, 6) is 0.163. The lowest BCUT2D eigenvalue weighted by Crippen LogP contribution is -2.24. The van der Waals surface area contributed by atoms with Gasteiger partial charge in [0, 0.05) is 30.8 Å². The zero-order valence-corrected chi connectivity index (χ0v) is 15.0. The van der Waals surface area contributed by atoms with E-state index in [0.717, 1.165) is 42.6 Å². The highest BCUT2D eigenvalue weighted by atomic mass is 16.2. The van der Waals surface area contributed by atoms with Crippen LogP contribution in [0.15, 0.2) is 42.5 Å². The van der Waals surface area contributed by atoms with Crippen LogP contribution >= 0.6 is 0 Å². The van der Waals surface area contributed by atoms with Gasteiger partial charge in [-0.1, -0.05) is 18.2 Å². The molecule has 2 aromatic rings. The number of anilines is 1. The van der Waals surface area contributed by atoms with Gasteiger partial charge in [0.1, 0.15) is 0 Å². The van der Waals surface area contributed by atoms with Gasteiger partial charge in [-0.3, -0.25) is 9.59 Å². The van der Waals surface area contributed by atoms with Gasteiger partial charge in [-0.25, -0.2) is 0 Å². The lowest BCUT2D eigenvalue weighted by Gasteiger charge is -2.17. The van der Waals surface area contributed by atoms with Crippen molar-refractivity contribution < 1.29 is 9.59 Å². The van der Waals surface area contributed by atoms with Gasteiger partial charge in [-0.2, -0.15) is 0 Å². The van der Waals surface area contributed by atoms with Gasteiger partial charge in [0.25, 0.3) is 5.91 Å². The second-order valence-electron chi connectivity index (χ2n) is 7.19. The van der Waals surface area contributed by atoms with Crippen LogP contribution in [0, 0.1) is 0 Å². The summed E-state index contributed by atoms with van der Waals surface area (Å²) in [6.07, 6.45) is 6.23. The van der Waals surface area contributed by atoms with Crippen LogP contribution in [0.1, 0.15) is 52.7 Å². The molecule has 0 aromatic heterocycles. The van der Waals surface area contributed by atoms with Gasteiger partial charge in [-0.15, -0.1) is 0 Å². The highest BCUT2D eigenvalue weighted by Crippen LogP contribution is 2.23. The average Bonchev–Trinajstić information content (AvgIpc) is 3.12. The standard InChI is InChI=1S/C22H24N2O2/c25-21-6-3-13-24(21)20-11-7-16(8-12-20)15-23-22(26)19-10-9-17-4-1-2-5-18(17)14-19/h7-12,14H,1-6,13,15H2,(H,23,26). The third kappa shape index (κ3) is 3.50. The summed E-state index contributed by atoms with van der Waals surface area (Å²) in [4.78, 5) is 26.1. The first-order valence-corrected chi connectivity index (χ1v) is 9.50. The molecule has 0 saturated carbocycles. The lowest BCUT2D eigenvalue weighted by molar-refractivity contribution is -0.117. The molecule has 2 aromatic carbocycles. The zero-order valence-electron chi connectivity index (χ0n) is 15.0. The van der Waals surface area contributed by atoms with Crippen molar-refractivity contribution in [3.63, 3.8) is 0 Å². The number of nitrogens with one attached hydrogen (secondary N) is 1. The van der Waals surface area contributed by atoms with Crippen LogP contribution in [0.25, 0.3) is 0 Å². The Hall–Kier alpha value is -2.62. The number of hydrogen-bond acceptors (Lipinski definition) is 2. The molecule has 1 fully saturated rings. The van der Waals surface area contributed by atoms with Gasteiger partial charge < -0.3 is 10.2 Å². The van der Waals surface area contributed by atoms with E-state index < -0.39 is 0 Å². The minimum Gasteiger partial charge on any atom is -0.348 e. The number of amides is 2. The molecule has 1 heterocycles. The molecule has 4 heteroatoms. The number of rotatable bonds is 4. The summed E-state index contributed by atoms with van der Waals surface area (Å²) in [7, 11) is 0. The molecular weight excluding hydrogens is 324 g/mol. The average molecular weight is 348 g/mol. The SMILES string of the molecule is O=C(NCc1ccc(N2CCCC2=O)cc1)c1ccc2c(c1)CCCC2. The maximum absolute atomic E-state index is 12.5. The number of carbonyl (C=O) groups is 2. The summed E-state index contributed by atoms with van der Waals surface area (Å²) < 4.78 is 0. The van der Waals surface area contributed by atoms with Gasteiger partial charge in [0.15, 0.2) is 0 Å². The Kier molecular flexibility index (Phi) is 4.74. The van der Waals surface area contributed by atoms with E-state index in [1.807, 2.05) is 41.3 Å². The quantitative estimate of drug-likeness (QED) is 0.917. The van der Waals surface area contributed by atoms with Crippen LogP contribution < -0.4 is 10.2 Å². The predicted molar refractivity (Wildman–Crippen MR) is 102 cm³/mol. The highest BCUT2D eigenvalue weighted by Gasteiger charge is 2.21. The molecule has 4 nitrogen and oxygen atoms in total. The van der Waals surface area contributed by atoms with Crippen molar-refractivity contribution in [2.24, 2.45) is 0 Å². The van der Waals surface area contributed by atoms with E-state index in [9.17, 15) is 9.59 Å². The number of fused-ring (bicyclic) bond motifs is 1. The normalized spacial score (nSPS) is 16.5. The molecule has 1 saturated heterocycles. The Morgan fingerprint density at radius 1 is 0.923 bits per heavy atom. The van der Waals surface area contributed by atoms with E-state index in [1.54, 1.807) is 0 Å². The topological polar surface area (TPSA) is 49.4 Å². The molecule has 134 valence electrons. The van der Waals surface area contributed by atoms with E-state index in [1.165, 1.54) is 24.0 Å². The van der Waals surface area contributed by atoms with Crippen LogP contribution in [0.4, 0.5) is 5.69 Å². The summed E-state index contributed by atoms with van der Waals surface area (Å²) in [5, 5.41) is 3.00. The van der Waals surface area contributed by atoms with Gasteiger partial charge >= 0.3 is 0 Å². The van der Waals surface area contributed by atoms with Crippen LogP contribution in [-0.4, -0.2) is 18.4 Å². The second kappa shape index (κ2) is 7.32. The number of carbonyl (C=O) groups excluding carboxylic acids is 2. The predicted octanol–water partition coefficient (Wildman–Crippen LogP) is 3.62. The minimum atomic E-state index is -0.0304. The monoisotopic (exact) mass is 348 g/mol. The lowest BCUT2D eigenvalue weighted by atomic mass is 9.90. The Bertz CT molecular complexity index is 827. The van der Waals surface area contributed by atoms with Crippen molar-refractivity contribution in [2.45, 2.75) is 45.1 Å². The molecule has 2 amide bonds. The molecule has 1 N–H and O–H groups in total. The van der Waals surface area contributed by atoms with Crippen molar-refractivity contribution in [1.29, 1.82) is 0 Å². The second-order valence-corrected chi connectivity index (χ2v) is 7.19. The largest absolute Gasteiger partial charge is 0.348 e. The first kappa shape index (κ1) is 16.8. The van der Waals surface area contributed by atoms with E-state index in [2.05, 4.69) is 11.4 Å². The molecule has 4 rings (SSSR count). The molecule has 0 atom stereocenters. The van der Waals surface area contributed by atoms with Crippen LogP contribution in [0.2, 0.25) is 0 Å². The molecule has 26 heavy (non-hydrogen) atoms. The van der Waals surface area contributed by atoms with Crippen molar-refractivity contribution in [3.8, 4) is 0 Å². The van der Waals surface area contributed by atoms with Gasteiger partial charge in [-0.05, 0) is 73.1 Å². The summed E-state index contributed by atoms with van der Waals surface area (Å²) >= 11 is 0.